The maximum Gasteiger partial charge on any atom is 0.417 e. The number of fused-ring (bicyclic) bond motifs is 2. The smallest absolute Gasteiger partial charge is 0.417 e. The van der Waals surface area contributed by atoms with Crippen molar-refractivity contribution in [2.75, 3.05) is 56.6 Å². The van der Waals surface area contributed by atoms with Crippen LogP contribution in [0.1, 0.15) is 60.2 Å². The highest BCUT2D eigenvalue weighted by Gasteiger charge is 2.49. The lowest BCUT2D eigenvalue weighted by Crippen LogP contribution is -2.44. The van der Waals surface area contributed by atoms with Crippen LogP contribution in [-0.2, 0) is 28.7 Å². The summed E-state index contributed by atoms with van der Waals surface area (Å²) >= 11 is 0. The molecule has 9 nitrogen and oxygen atoms in total. The van der Waals surface area contributed by atoms with Gasteiger partial charge in [0.25, 0.3) is 0 Å². The van der Waals surface area contributed by atoms with E-state index in [0.29, 0.717) is 43.2 Å². The molecule has 6 rings (SSSR count). The van der Waals surface area contributed by atoms with Crippen LogP contribution in [0, 0.1) is 12.7 Å². The second kappa shape index (κ2) is 11.0. The normalized spacial score (nSPS) is 29.8. The zero-order valence-corrected chi connectivity index (χ0v) is 24.1. The highest BCUT2D eigenvalue weighted by molar-refractivity contribution is 5.55. The molecule has 1 aromatic carbocycles. The predicted octanol–water partition coefficient (Wildman–Crippen LogP) is 3.88. The Labute approximate surface area is 246 Å². The first-order valence-electron chi connectivity index (χ1n) is 14.5. The molecule has 3 N–H and O–H groups in total. The van der Waals surface area contributed by atoms with Gasteiger partial charge in [-0.1, -0.05) is 0 Å². The van der Waals surface area contributed by atoms with Crippen LogP contribution in [0.4, 0.5) is 33.5 Å². The number of anilines is 2. The van der Waals surface area contributed by atoms with E-state index in [-0.39, 0.29) is 44.4 Å². The zero-order chi connectivity index (χ0) is 30.7. The molecule has 43 heavy (non-hydrogen) atoms. The fourth-order valence-electron chi connectivity index (χ4n) is 7.10. The predicted molar refractivity (Wildman–Crippen MR) is 146 cm³/mol. The molecule has 0 bridgehead atoms. The van der Waals surface area contributed by atoms with Crippen LogP contribution in [0.15, 0.2) is 6.07 Å². The minimum atomic E-state index is -4.84. The van der Waals surface area contributed by atoms with E-state index < -0.39 is 52.2 Å². The van der Waals surface area contributed by atoms with Gasteiger partial charge >= 0.3 is 12.2 Å². The summed E-state index contributed by atoms with van der Waals surface area (Å²) in [7, 11) is 0. The molecule has 0 amide bonds. The quantitative estimate of drug-likeness (QED) is 0.384. The number of halogens is 5. The van der Waals surface area contributed by atoms with Gasteiger partial charge in [0.1, 0.15) is 24.2 Å². The third kappa shape index (κ3) is 5.74. The minimum absolute atomic E-state index is 0.0250. The second-order valence-electron chi connectivity index (χ2n) is 12.5. The van der Waals surface area contributed by atoms with Crippen LogP contribution in [0.5, 0.6) is 6.01 Å². The number of hydrogen-bond donors (Lipinski definition) is 2. The van der Waals surface area contributed by atoms with E-state index in [4.69, 9.17) is 19.9 Å². The average Bonchev–Trinajstić information content (AvgIpc) is 3.38. The molecule has 2 aromatic rings. The van der Waals surface area contributed by atoms with Gasteiger partial charge in [-0.2, -0.15) is 23.1 Å². The Morgan fingerprint density at radius 1 is 1.26 bits per heavy atom. The van der Waals surface area contributed by atoms with Gasteiger partial charge in [-0.05, 0) is 44.9 Å². The Hall–Kier alpha value is -2.81. The SMILES string of the molecule is Cc1cc(N)c(F)c(C2Cc3nc(OC[C@@]45CCCN4C[C@H](F)C5)nc(N4CCOCC(C)(O)C4)c3CO2)c1C(F)(F)F. The van der Waals surface area contributed by atoms with Crippen molar-refractivity contribution in [2.24, 2.45) is 0 Å². The summed E-state index contributed by atoms with van der Waals surface area (Å²) in [6.07, 6.45) is -5.31. The first-order chi connectivity index (χ1) is 20.3. The molecule has 14 heteroatoms. The van der Waals surface area contributed by atoms with Crippen molar-refractivity contribution in [1.82, 2.24) is 14.9 Å². The highest BCUT2D eigenvalue weighted by Crippen LogP contribution is 2.45. The van der Waals surface area contributed by atoms with Gasteiger partial charge in [-0.25, -0.2) is 8.78 Å². The molecule has 5 heterocycles. The van der Waals surface area contributed by atoms with Crippen LogP contribution >= 0.6 is 0 Å². The molecule has 1 aromatic heterocycles. The molecule has 2 unspecified atom stereocenters. The van der Waals surface area contributed by atoms with Crippen LogP contribution in [0.25, 0.3) is 0 Å². The Kier molecular flexibility index (Phi) is 7.71. The summed E-state index contributed by atoms with van der Waals surface area (Å²) in [6.45, 7) is 4.84. The molecule has 0 spiro atoms. The van der Waals surface area contributed by atoms with Crippen molar-refractivity contribution in [3.05, 3.63) is 39.8 Å². The Bertz CT molecular complexity index is 1390. The number of ether oxygens (including phenoxy) is 3. The molecule has 0 radical (unpaired) electrons. The number of nitrogen functional groups attached to an aromatic ring is 1. The van der Waals surface area contributed by atoms with Crippen molar-refractivity contribution in [3.8, 4) is 6.01 Å². The lowest BCUT2D eigenvalue weighted by atomic mass is 9.91. The lowest BCUT2D eigenvalue weighted by Gasteiger charge is -2.34. The highest BCUT2D eigenvalue weighted by atomic mass is 19.4. The van der Waals surface area contributed by atoms with Gasteiger partial charge in [-0.15, -0.1) is 0 Å². The number of benzene rings is 1. The summed E-state index contributed by atoms with van der Waals surface area (Å²) in [6, 6.07) is 0.942. The van der Waals surface area contributed by atoms with E-state index in [1.807, 2.05) is 4.90 Å². The van der Waals surface area contributed by atoms with Crippen LogP contribution in [0.3, 0.4) is 0 Å². The van der Waals surface area contributed by atoms with Gasteiger partial charge in [0.2, 0.25) is 0 Å². The summed E-state index contributed by atoms with van der Waals surface area (Å²) < 4.78 is 89.7. The lowest BCUT2D eigenvalue weighted by molar-refractivity contribution is -0.140. The number of β-amino-alcohol motifs (C(OH)–C–C–N with tert-alkyl or cyclic N) is 1. The number of nitrogens with zero attached hydrogens (tertiary/aromatic N) is 4. The van der Waals surface area contributed by atoms with Crippen molar-refractivity contribution < 1.29 is 41.3 Å². The van der Waals surface area contributed by atoms with Crippen LogP contribution in [-0.4, -0.2) is 83.3 Å². The Morgan fingerprint density at radius 2 is 2.05 bits per heavy atom. The number of hydrogen-bond acceptors (Lipinski definition) is 9. The molecule has 4 aliphatic heterocycles. The summed E-state index contributed by atoms with van der Waals surface area (Å²) in [5.74, 6) is -0.791. The first kappa shape index (κ1) is 30.2. The number of aryl methyl sites for hydroxylation is 1. The van der Waals surface area contributed by atoms with Crippen LogP contribution < -0.4 is 15.4 Å². The van der Waals surface area contributed by atoms with E-state index in [0.717, 1.165) is 25.5 Å². The Morgan fingerprint density at radius 3 is 2.81 bits per heavy atom. The van der Waals surface area contributed by atoms with E-state index >= 15 is 4.39 Å². The van der Waals surface area contributed by atoms with E-state index in [1.54, 1.807) is 6.92 Å². The van der Waals surface area contributed by atoms with Gasteiger partial charge in [0.05, 0.1) is 55.0 Å². The van der Waals surface area contributed by atoms with Crippen molar-refractivity contribution in [1.29, 1.82) is 0 Å². The zero-order valence-electron chi connectivity index (χ0n) is 24.1. The molecule has 4 aliphatic rings. The molecule has 3 fully saturated rings. The third-order valence-electron chi connectivity index (χ3n) is 8.97. The molecule has 3 saturated heterocycles. The van der Waals surface area contributed by atoms with E-state index in [2.05, 4.69) is 14.9 Å². The number of alkyl halides is 4. The van der Waals surface area contributed by atoms with Gasteiger partial charge < -0.3 is 30.0 Å². The van der Waals surface area contributed by atoms with Gasteiger partial charge in [-0.3, -0.25) is 4.90 Å². The maximum absolute atomic E-state index is 15.3. The molecule has 0 aliphatic carbocycles. The number of aliphatic hydroxyl groups is 1. The summed E-state index contributed by atoms with van der Waals surface area (Å²) in [4.78, 5) is 13.1. The molecule has 4 atom stereocenters. The standard InChI is InChI=1S/C29H36F5N5O4/c1-16-8-19(35)24(31)22(23(16)29(32,33)34)21-9-20-18(12-42-21)25(38-6-7-41-14-27(2,40)13-38)37-26(36-20)43-15-28-4-3-5-39(28)11-17(30)10-28/h8,17,21,40H,3-7,9-15,35H2,1-2H3/t17-,21?,27?,28+/m1/s1. The third-order valence-corrected chi connectivity index (χ3v) is 8.97. The monoisotopic (exact) mass is 613 g/mol. The van der Waals surface area contributed by atoms with Gasteiger partial charge in [0.15, 0.2) is 5.82 Å². The van der Waals surface area contributed by atoms with Crippen molar-refractivity contribution in [2.45, 2.75) is 75.7 Å². The summed E-state index contributed by atoms with van der Waals surface area (Å²) in [5.41, 5.74) is 2.51. The Balaban J connectivity index is 1.39. The van der Waals surface area contributed by atoms with E-state index in [1.165, 1.54) is 6.92 Å². The second-order valence-corrected chi connectivity index (χ2v) is 12.5. The van der Waals surface area contributed by atoms with Crippen LogP contribution in [0.2, 0.25) is 0 Å². The molecular formula is C29H36F5N5O4. The van der Waals surface area contributed by atoms with E-state index in [9.17, 15) is 22.7 Å². The van der Waals surface area contributed by atoms with Gasteiger partial charge in [0, 0.05) is 37.1 Å². The maximum atomic E-state index is 15.3. The average molecular weight is 614 g/mol. The number of aromatic nitrogens is 2. The topological polar surface area (TPSA) is 106 Å². The largest absolute Gasteiger partial charge is 0.461 e. The first-order valence-corrected chi connectivity index (χ1v) is 14.5. The van der Waals surface area contributed by atoms with Crippen molar-refractivity contribution in [3.63, 3.8) is 0 Å². The fourth-order valence-corrected chi connectivity index (χ4v) is 7.10. The molecule has 236 valence electrons. The minimum Gasteiger partial charge on any atom is -0.461 e. The number of nitrogens with two attached hydrogens (primary N) is 1. The molecule has 0 saturated carbocycles. The summed E-state index contributed by atoms with van der Waals surface area (Å²) in [5, 5.41) is 10.8. The fraction of sp³-hybridized carbons (Fsp3) is 0.655. The van der Waals surface area contributed by atoms with Crippen molar-refractivity contribution >= 4 is 11.5 Å². The molecular weight excluding hydrogens is 577 g/mol. The number of rotatable bonds is 5.